The van der Waals surface area contributed by atoms with Crippen LogP contribution in [0.3, 0.4) is 0 Å². The van der Waals surface area contributed by atoms with E-state index in [1.807, 2.05) is 6.33 Å². The van der Waals surface area contributed by atoms with Crippen LogP contribution in [0.5, 0.6) is 0 Å². The average Bonchev–Trinajstić information content (AvgIpc) is 2.51. The summed E-state index contributed by atoms with van der Waals surface area (Å²) in [6, 6.07) is 0. The van der Waals surface area contributed by atoms with Crippen molar-refractivity contribution in [1.29, 1.82) is 0 Å². The molecule has 0 aromatic carbocycles. The van der Waals surface area contributed by atoms with E-state index >= 15 is 0 Å². The highest BCUT2D eigenvalue weighted by Gasteiger charge is 2.49. The second-order valence-corrected chi connectivity index (χ2v) is 4.22. The van der Waals surface area contributed by atoms with Crippen LogP contribution in [0, 0.1) is 5.41 Å². The van der Waals surface area contributed by atoms with Gasteiger partial charge in [-0.1, -0.05) is 13.8 Å². The van der Waals surface area contributed by atoms with Crippen LogP contribution >= 0.6 is 0 Å². The SMILES string of the molecule is CCn1cnnc1C1CC1(C)C. The van der Waals surface area contributed by atoms with Gasteiger partial charge in [-0.25, -0.2) is 0 Å². The predicted molar refractivity (Wildman–Crippen MR) is 46.8 cm³/mol. The number of hydrogen-bond acceptors (Lipinski definition) is 2. The van der Waals surface area contributed by atoms with Gasteiger partial charge in [0.25, 0.3) is 0 Å². The molecule has 1 aromatic rings. The zero-order valence-electron chi connectivity index (χ0n) is 7.91. The smallest absolute Gasteiger partial charge is 0.136 e. The van der Waals surface area contributed by atoms with Crippen LogP contribution in [-0.4, -0.2) is 14.8 Å². The Morgan fingerprint density at radius 3 is 2.83 bits per heavy atom. The molecule has 1 fully saturated rings. The molecule has 0 N–H and O–H groups in total. The predicted octanol–water partition coefficient (Wildman–Crippen LogP) is 1.81. The number of nitrogens with zero attached hydrogens (tertiary/aromatic N) is 3. The van der Waals surface area contributed by atoms with Crippen LogP contribution in [-0.2, 0) is 6.54 Å². The van der Waals surface area contributed by atoms with Crippen molar-refractivity contribution in [2.45, 2.75) is 39.7 Å². The number of hydrogen-bond donors (Lipinski definition) is 0. The minimum Gasteiger partial charge on any atom is -0.318 e. The highest BCUT2D eigenvalue weighted by atomic mass is 15.3. The maximum absolute atomic E-state index is 4.16. The molecule has 2 rings (SSSR count). The fourth-order valence-electron chi connectivity index (χ4n) is 1.69. The minimum absolute atomic E-state index is 0.458. The topological polar surface area (TPSA) is 30.7 Å². The first-order valence-electron chi connectivity index (χ1n) is 4.53. The normalized spacial score (nSPS) is 25.8. The van der Waals surface area contributed by atoms with Crippen molar-refractivity contribution in [1.82, 2.24) is 14.8 Å². The summed E-state index contributed by atoms with van der Waals surface area (Å²) < 4.78 is 2.14. The molecule has 0 amide bonds. The molecular weight excluding hydrogens is 150 g/mol. The second-order valence-electron chi connectivity index (χ2n) is 4.22. The van der Waals surface area contributed by atoms with Crippen molar-refractivity contribution in [3.63, 3.8) is 0 Å². The third-order valence-electron chi connectivity index (χ3n) is 2.81. The van der Waals surface area contributed by atoms with E-state index in [-0.39, 0.29) is 0 Å². The zero-order chi connectivity index (χ0) is 8.77. The summed E-state index contributed by atoms with van der Waals surface area (Å²) in [4.78, 5) is 0. The molecule has 1 aliphatic rings. The van der Waals surface area contributed by atoms with Crippen molar-refractivity contribution in [3.05, 3.63) is 12.2 Å². The highest BCUT2D eigenvalue weighted by Crippen LogP contribution is 2.57. The van der Waals surface area contributed by atoms with E-state index in [0.717, 1.165) is 6.54 Å². The quantitative estimate of drug-likeness (QED) is 0.669. The summed E-state index contributed by atoms with van der Waals surface area (Å²) in [7, 11) is 0. The monoisotopic (exact) mass is 165 g/mol. The third kappa shape index (κ3) is 1.04. The molecule has 1 aliphatic carbocycles. The Morgan fingerprint density at radius 2 is 2.33 bits per heavy atom. The van der Waals surface area contributed by atoms with Crippen LogP contribution in [0.4, 0.5) is 0 Å². The average molecular weight is 165 g/mol. The van der Waals surface area contributed by atoms with Crippen LogP contribution in [0.15, 0.2) is 6.33 Å². The first kappa shape index (κ1) is 7.77. The van der Waals surface area contributed by atoms with Crippen molar-refractivity contribution in [3.8, 4) is 0 Å². The van der Waals surface area contributed by atoms with E-state index in [0.29, 0.717) is 11.3 Å². The molecule has 66 valence electrons. The van der Waals surface area contributed by atoms with Crippen molar-refractivity contribution in [2.24, 2.45) is 5.41 Å². The van der Waals surface area contributed by atoms with Gasteiger partial charge in [0.15, 0.2) is 0 Å². The molecule has 0 spiro atoms. The van der Waals surface area contributed by atoms with Crippen molar-refractivity contribution in [2.75, 3.05) is 0 Å². The van der Waals surface area contributed by atoms with Gasteiger partial charge < -0.3 is 4.57 Å². The van der Waals surface area contributed by atoms with Gasteiger partial charge in [-0.2, -0.15) is 0 Å². The summed E-state index contributed by atoms with van der Waals surface area (Å²) in [5.74, 6) is 1.81. The molecule has 12 heavy (non-hydrogen) atoms. The molecule has 0 saturated heterocycles. The molecular formula is C9H15N3. The fraction of sp³-hybridized carbons (Fsp3) is 0.778. The lowest BCUT2D eigenvalue weighted by atomic mass is 10.1. The van der Waals surface area contributed by atoms with Crippen molar-refractivity contribution >= 4 is 0 Å². The Balaban J connectivity index is 2.24. The lowest BCUT2D eigenvalue weighted by Gasteiger charge is -2.03. The molecule has 3 nitrogen and oxygen atoms in total. The largest absolute Gasteiger partial charge is 0.318 e. The lowest BCUT2D eigenvalue weighted by Crippen LogP contribution is -2.01. The van der Waals surface area contributed by atoms with Gasteiger partial charge in [0, 0.05) is 12.5 Å². The van der Waals surface area contributed by atoms with E-state index in [9.17, 15) is 0 Å². The van der Waals surface area contributed by atoms with E-state index in [2.05, 4.69) is 35.5 Å². The maximum Gasteiger partial charge on any atom is 0.136 e. The number of aryl methyl sites for hydroxylation is 1. The first-order valence-corrected chi connectivity index (χ1v) is 4.53. The Morgan fingerprint density at radius 1 is 1.67 bits per heavy atom. The molecule has 0 radical (unpaired) electrons. The Bertz CT molecular complexity index is 288. The standard InChI is InChI=1S/C9H15N3/c1-4-12-6-10-11-8(12)7-5-9(7,2)3/h6-7H,4-5H2,1-3H3. The molecule has 3 heteroatoms. The molecule has 0 aliphatic heterocycles. The summed E-state index contributed by atoms with van der Waals surface area (Å²) >= 11 is 0. The van der Waals surface area contributed by atoms with E-state index in [1.165, 1.54) is 12.2 Å². The van der Waals surface area contributed by atoms with Crippen LogP contribution in [0.2, 0.25) is 0 Å². The Kier molecular flexibility index (Phi) is 1.50. The van der Waals surface area contributed by atoms with Gasteiger partial charge in [-0.05, 0) is 18.8 Å². The van der Waals surface area contributed by atoms with Gasteiger partial charge in [-0.3, -0.25) is 0 Å². The Labute approximate surface area is 72.8 Å². The molecule has 1 atom stereocenters. The molecule has 1 unspecified atom stereocenters. The van der Waals surface area contributed by atoms with Crippen LogP contribution in [0.25, 0.3) is 0 Å². The number of aromatic nitrogens is 3. The summed E-state index contributed by atoms with van der Waals surface area (Å²) in [6.45, 7) is 7.68. The molecule has 1 heterocycles. The third-order valence-corrected chi connectivity index (χ3v) is 2.81. The van der Waals surface area contributed by atoms with Gasteiger partial charge in [0.2, 0.25) is 0 Å². The summed E-state index contributed by atoms with van der Waals surface area (Å²) in [5, 5.41) is 8.09. The van der Waals surface area contributed by atoms with Gasteiger partial charge in [0.05, 0.1) is 0 Å². The molecule has 0 bridgehead atoms. The zero-order valence-corrected chi connectivity index (χ0v) is 7.91. The summed E-state index contributed by atoms with van der Waals surface area (Å²) in [6.07, 6.45) is 3.08. The highest BCUT2D eigenvalue weighted by molar-refractivity contribution is 5.15. The Hall–Kier alpha value is -0.860. The van der Waals surface area contributed by atoms with Gasteiger partial charge in [-0.15, -0.1) is 10.2 Å². The van der Waals surface area contributed by atoms with Crippen molar-refractivity contribution < 1.29 is 0 Å². The summed E-state index contributed by atoms with van der Waals surface area (Å²) in [5.41, 5.74) is 0.458. The minimum atomic E-state index is 0.458. The molecule has 1 saturated carbocycles. The first-order chi connectivity index (χ1) is 5.65. The van der Waals surface area contributed by atoms with E-state index in [1.54, 1.807) is 0 Å². The fourth-order valence-corrected chi connectivity index (χ4v) is 1.69. The van der Waals surface area contributed by atoms with Crippen LogP contribution < -0.4 is 0 Å². The maximum atomic E-state index is 4.16. The molecule has 1 aromatic heterocycles. The van der Waals surface area contributed by atoms with Crippen LogP contribution in [0.1, 0.15) is 38.9 Å². The van der Waals surface area contributed by atoms with E-state index in [4.69, 9.17) is 0 Å². The lowest BCUT2D eigenvalue weighted by molar-refractivity contribution is 0.585. The van der Waals surface area contributed by atoms with Gasteiger partial charge >= 0.3 is 0 Å². The van der Waals surface area contributed by atoms with Gasteiger partial charge in [0.1, 0.15) is 12.2 Å². The van der Waals surface area contributed by atoms with E-state index < -0.39 is 0 Å². The second kappa shape index (κ2) is 2.31. The number of rotatable bonds is 2.